The molecule has 0 fully saturated rings. The highest BCUT2D eigenvalue weighted by Gasteiger charge is 2.15. The molecule has 0 saturated carbocycles. The molecule has 4 nitrogen and oxygen atoms in total. The monoisotopic (exact) mass is 372 g/mol. The van der Waals surface area contributed by atoms with E-state index in [-0.39, 0.29) is 23.5 Å². The lowest BCUT2D eigenvalue weighted by atomic mass is 10.1. The number of carbonyl (C=O) groups is 1. The van der Waals surface area contributed by atoms with E-state index in [0.717, 1.165) is 14.7 Å². The Hall–Kier alpha value is -1.60. The number of nitrogens with two attached hydrogens (primary N) is 1. The molecule has 0 amide bonds. The normalized spacial score (nSPS) is 10.4. The van der Waals surface area contributed by atoms with Crippen molar-refractivity contribution in [2.75, 3.05) is 17.7 Å². The summed E-state index contributed by atoms with van der Waals surface area (Å²) in [5.74, 6) is -1.06. The second-order valence-corrected chi connectivity index (χ2v) is 6.75. The van der Waals surface area contributed by atoms with Crippen LogP contribution in [0.25, 0.3) is 0 Å². The van der Waals surface area contributed by atoms with Crippen molar-refractivity contribution in [2.45, 2.75) is 13.5 Å². The fraction of sp³-hybridized carbons (Fsp3) is 0.214. The molecule has 1 aromatic heterocycles. The molecule has 7 heteroatoms. The zero-order chi connectivity index (χ0) is 15.4. The third-order valence-electron chi connectivity index (χ3n) is 2.72. The van der Waals surface area contributed by atoms with Crippen molar-refractivity contribution in [2.24, 2.45) is 0 Å². The highest BCUT2D eigenvalue weighted by molar-refractivity contribution is 9.11. The molecule has 1 aromatic carbocycles. The summed E-state index contributed by atoms with van der Waals surface area (Å²) in [7, 11) is 0. The quantitative estimate of drug-likeness (QED) is 0.614. The molecule has 0 saturated heterocycles. The fourth-order valence-electron chi connectivity index (χ4n) is 1.74. The number of halogens is 2. The van der Waals surface area contributed by atoms with E-state index >= 15 is 0 Å². The Morgan fingerprint density at radius 3 is 2.86 bits per heavy atom. The van der Waals surface area contributed by atoms with E-state index in [1.54, 1.807) is 18.3 Å². The zero-order valence-electron chi connectivity index (χ0n) is 11.3. The lowest BCUT2D eigenvalue weighted by Gasteiger charge is -2.11. The molecule has 0 atom stereocenters. The lowest BCUT2D eigenvalue weighted by molar-refractivity contribution is 0.0527. The van der Waals surface area contributed by atoms with Crippen LogP contribution < -0.4 is 11.1 Å². The summed E-state index contributed by atoms with van der Waals surface area (Å²) in [5.41, 5.74) is 6.10. The Morgan fingerprint density at radius 2 is 2.24 bits per heavy atom. The maximum Gasteiger partial charge on any atom is 0.340 e. The lowest BCUT2D eigenvalue weighted by Crippen LogP contribution is -2.10. The van der Waals surface area contributed by atoms with Gasteiger partial charge in [-0.1, -0.05) is 0 Å². The van der Waals surface area contributed by atoms with Crippen molar-refractivity contribution in [3.63, 3.8) is 0 Å². The van der Waals surface area contributed by atoms with Crippen molar-refractivity contribution in [1.82, 2.24) is 0 Å². The molecular weight excluding hydrogens is 359 g/mol. The van der Waals surface area contributed by atoms with Gasteiger partial charge >= 0.3 is 5.97 Å². The standard InChI is InChI=1S/C14H14BrFN2O2S/c1-2-20-14(19)9-5-12(10(16)6-11(9)17)18-7-8-3-4-13(15)21-8/h3-6,18H,2,7,17H2,1H3. The summed E-state index contributed by atoms with van der Waals surface area (Å²) in [6.07, 6.45) is 0. The van der Waals surface area contributed by atoms with Gasteiger partial charge in [-0.15, -0.1) is 11.3 Å². The first-order chi connectivity index (χ1) is 10.0. The third-order valence-corrected chi connectivity index (χ3v) is 4.34. The van der Waals surface area contributed by atoms with Crippen LogP contribution in [0.1, 0.15) is 22.2 Å². The molecule has 21 heavy (non-hydrogen) atoms. The predicted molar refractivity (Wildman–Crippen MR) is 86.1 cm³/mol. The minimum atomic E-state index is -0.558. The van der Waals surface area contributed by atoms with Crippen LogP contribution in [0.4, 0.5) is 15.8 Å². The summed E-state index contributed by atoms with van der Waals surface area (Å²) in [4.78, 5) is 12.8. The Labute approximate surface area is 134 Å². The minimum absolute atomic E-state index is 0.0652. The number of hydrogen-bond donors (Lipinski definition) is 2. The number of nitrogens with one attached hydrogen (secondary N) is 1. The van der Waals surface area contributed by atoms with Crippen LogP contribution in [0, 0.1) is 5.82 Å². The van der Waals surface area contributed by atoms with E-state index in [0.29, 0.717) is 6.54 Å². The number of ether oxygens (including phenoxy) is 1. The van der Waals surface area contributed by atoms with E-state index in [9.17, 15) is 9.18 Å². The van der Waals surface area contributed by atoms with E-state index < -0.39 is 11.8 Å². The summed E-state index contributed by atoms with van der Waals surface area (Å²) < 4.78 is 19.8. The van der Waals surface area contributed by atoms with Crippen LogP contribution in [0.15, 0.2) is 28.1 Å². The summed E-state index contributed by atoms with van der Waals surface area (Å²) >= 11 is 4.92. The van der Waals surface area contributed by atoms with Crippen LogP contribution >= 0.6 is 27.3 Å². The second-order valence-electron chi connectivity index (χ2n) is 4.20. The van der Waals surface area contributed by atoms with Gasteiger partial charge in [0.2, 0.25) is 0 Å². The Bertz CT molecular complexity index is 660. The molecule has 0 unspecified atom stereocenters. The Morgan fingerprint density at radius 1 is 1.48 bits per heavy atom. The van der Waals surface area contributed by atoms with Gasteiger partial charge < -0.3 is 15.8 Å². The fourth-order valence-corrected chi connectivity index (χ4v) is 3.16. The van der Waals surface area contributed by atoms with Crippen molar-refractivity contribution in [1.29, 1.82) is 0 Å². The van der Waals surface area contributed by atoms with Crippen LogP contribution in [0.2, 0.25) is 0 Å². The van der Waals surface area contributed by atoms with E-state index in [1.165, 1.54) is 6.07 Å². The van der Waals surface area contributed by atoms with Crippen LogP contribution in [-0.4, -0.2) is 12.6 Å². The molecule has 0 radical (unpaired) electrons. The van der Waals surface area contributed by atoms with Crippen molar-refractivity contribution < 1.29 is 13.9 Å². The molecule has 0 spiro atoms. The molecular formula is C14H14BrFN2O2S. The van der Waals surface area contributed by atoms with Gasteiger partial charge in [0.1, 0.15) is 5.82 Å². The number of carbonyl (C=O) groups excluding carboxylic acids is 1. The predicted octanol–water partition coefficient (Wildman–Crippen LogP) is 4.02. The molecule has 2 aromatic rings. The summed E-state index contributed by atoms with van der Waals surface area (Å²) in [6, 6.07) is 6.36. The highest BCUT2D eigenvalue weighted by atomic mass is 79.9. The van der Waals surface area contributed by atoms with Crippen LogP contribution in [-0.2, 0) is 11.3 Å². The maximum absolute atomic E-state index is 13.9. The molecule has 0 aliphatic rings. The van der Waals surface area contributed by atoms with E-state index in [1.807, 2.05) is 12.1 Å². The van der Waals surface area contributed by atoms with Crippen LogP contribution in [0.5, 0.6) is 0 Å². The molecule has 112 valence electrons. The molecule has 0 aliphatic carbocycles. The number of esters is 1. The molecule has 0 bridgehead atoms. The SMILES string of the molecule is CCOC(=O)c1cc(NCc2ccc(Br)s2)c(F)cc1N. The first-order valence-electron chi connectivity index (χ1n) is 6.25. The average Bonchev–Trinajstić information content (AvgIpc) is 2.83. The maximum atomic E-state index is 13.9. The number of nitrogen functional groups attached to an aromatic ring is 1. The average molecular weight is 373 g/mol. The number of benzene rings is 1. The third kappa shape index (κ3) is 3.95. The Balaban J connectivity index is 2.18. The van der Waals surface area contributed by atoms with E-state index in [2.05, 4.69) is 21.2 Å². The summed E-state index contributed by atoms with van der Waals surface area (Å²) in [5, 5.41) is 2.96. The number of rotatable bonds is 5. The van der Waals surface area contributed by atoms with Gasteiger partial charge in [-0.25, -0.2) is 9.18 Å². The molecule has 0 aliphatic heterocycles. The number of anilines is 2. The topological polar surface area (TPSA) is 64.3 Å². The van der Waals surface area contributed by atoms with Gasteiger partial charge in [0.15, 0.2) is 0 Å². The smallest absolute Gasteiger partial charge is 0.340 e. The van der Waals surface area contributed by atoms with Crippen molar-refractivity contribution in [3.05, 3.63) is 44.3 Å². The molecule has 3 N–H and O–H groups in total. The summed E-state index contributed by atoms with van der Waals surface area (Å²) in [6.45, 7) is 2.40. The first kappa shape index (κ1) is 15.8. The van der Waals surface area contributed by atoms with Gasteiger partial charge in [-0.05, 0) is 47.1 Å². The van der Waals surface area contributed by atoms with Gasteiger partial charge in [0.25, 0.3) is 0 Å². The zero-order valence-corrected chi connectivity index (χ0v) is 13.7. The number of hydrogen-bond acceptors (Lipinski definition) is 5. The first-order valence-corrected chi connectivity index (χ1v) is 7.86. The molecule has 2 rings (SSSR count). The molecule has 1 heterocycles. The van der Waals surface area contributed by atoms with Gasteiger partial charge in [-0.2, -0.15) is 0 Å². The van der Waals surface area contributed by atoms with Crippen molar-refractivity contribution >= 4 is 44.6 Å². The largest absolute Gasteiger partial charge is 0.462 e. The van der Waals surface area contributed by atoms with Gasteiger partial charge in [0.05, 0.1) is 21.6 Å². The minimum Gasteiger partial charge on any atom is -0.462 e. The Kier molecular flexibility index (Phi) is 5.19. The van der Waals surface area contributed by atoms with Crippen molar-refractivity contribution in [3.8, 4) is 0 Å². The highest BCUT2D eigenvalue weighted by Crippen LogP contribution is 2.26. The van der Waals surface area contributed by atoms with Gasteiger partial charge in [0, 0.05) is 17.1 Å². The van der Waals surface area contributed by atoms with Gasteiger partial charge in [-0.3, -0.25) is 0 Å². The van der Waals surface area contributed by atoms with E-state index in [4.69, 9.17) is 10.5 Å². The second kappa shape index (κ2) is 6.91. The number of thiophene rings is 1. The van der Waals surface area contributed by atoms with Crippen LogP contribution in [0.3, 0.4) is 0 Å².